The van der Waals surface area contributed by atoms with Gasteiger partial charge in [-0.15, -0.1) is 0 Å². The normalized spacial score (nSPS) is 9.57. The van der Waals surface area contributed by atoms with Crippen molar-refractivity contribution in [3.63, 3.8) is 0 Å². The number of anilines is 2. The van der Waals surface area contributed by atoms with Gasteiger partial charge >= 0.3 is 5.97 Å². The summed E-state index contributed by atoms with van der Waals surface area (Å²) >= 11 is 2.22. The number of nitro groups is 2. The number of ether oxygens (including phenoxy) is 1. The van der Waals surface area contributed by atoms with Gasteiger partial charge in [-0.2, -0.15) is 20.4 Å². The van der Waals surface area contributed by atoms with Gasteiger partial charge in [0.1, 0.15) is 0 Å². The Bertz CT molecular complexity index is 3810. The minimum absolute atomic E-state index is 0. The predicted molar refractivity (Wildman–Crippen MR) is 343 cm³/mol. The zero-order chi connectivity index (χ0) is 60.9. The number of carboxylic acid groups (broad SMARTS) is 1. The molecule has 10 aromatic rings. The van der Waals surface area contributed by atoms with E-state index in [4.69, 9.17) is 20.7 Å². The summed E-state index contributed by atoms with van der Waals surface area (Å²) in [5.41, 5.74) is 13.6. The first-order valence-electron chi connectivity index (χ1n) is 24.1. The molecule has 0 aliphatic carbocycles. The van der Waals surface area contributed by atoms with Crippen LogP contribution in [-0.2, 0) is 28.2 Å². The molecule has 4 heterocycles. The van der Waals surface area contributed by atoms with Crippen molar-refractivity contribution in [2.24, 2.45) is 28.2 Å². The van der Waals surface area contributed by atoms with E-state index >= 15 is 0 Å². The lowest BCUT2D eigenvalue weighted by Gasteiger charge is -2.09. The summed E-state index contributed by atoms with van der Waals surface area (Å²) in [7, 11) is 8.76. The second-order valence-electron chi connectivity index (χ2n) is 17.4. The van der Waals surface area contributed by atoms with Gasteiger partial charge in [0, 0.05) is 112 Å². The SMILES string of the molecule is C.C.C.C.COc1cc(C(=O)Nc2ccc(-c3cnn(C)c3)cc2)cc(F)c1O.Cc1ccc([N+](=O)[O-])cc1.Cn1cc(-c2ccc(N)cc2)cn1.Cn1cc(-c2ccc([N+](=O)[O-])cc2)cn1.Cn1cc(I)cn1.O=Cc1cc(C(=O)O)cc(F)c1O.[HH]. The van der Waals surface area contributed by atoms with Crippen molar-refractivity contribution < 1.29 is 54.5 Å². The number of aromatic carboxylic acids is 1. The summed E-state index contributed by atoms with van der Waals surface area (Å²) in [6.45, 7) is 1.89. The second-order valence-corrected chi connectivity index (χ2v) is 18.7. The van der Waals surface area contributed by atoms with Crippen LogP contribution in [0.4, 0.5) is 31.5 Å². The van der Waals surface area contributed by atoms with E-state index in [0.717, 1.165) is 56.8 Å². The Morgan fingerprint density at radius 2 is 1.00 bits per heavy atom. The van der Waals surface area contributed by atoms with Crippen LogP contribution in [-0.4, -0.2) is 89.6 Å². The molecule has 0 saturated carbocycles. The Balaban J connectivity index is 0.00000106. The van der Waals surface area contributed by atoms with Gasteiger partial charge in [0.05, 0.1) is 56.4 Å². The second kappa shape index (κ2) is 35.5. The predicted octanol–water partition coefficient (Wildman–Crippen LogP) is 13.6. The summed E-state index contributed by atoms with van der Waals surface area (Å²) in [4.78, 5) is 52.6. The van der Waals surface area contributed by atoms with E-state index in [1.54, 1.807) is 67.5 Å². The molecule has 0 aliphatic rings. The Kier molecular flexibility index (Phi) is 30.3. The number of aryl methyl sites for hydroxylation is 5. The maximum absolute atomic E-state index is 13.7. The Hall–Kier alpha value is -10.6. The molecule has 0 unspecified atom stereocenters. The fraction of sp³-hybridized carbons (Fsp3) is 0.164. The van der Waals surface area contributed by atoms with Crippen molar-refractivity contribution in [1.29, 1.82) is 0 Å². The maximum atomic E-state index is 13.7. The van der Waals surface area contributed by atoms with Crippen LogP contribution >= 0.6 is 22.6 Å². The molecule has 0 atom stereocenters. The highest BCUT2D eigenvalue weighted by atomic mass is 127. The number of nitrogen functional groups attached to an aromatic ring is 1. The summed E-state index contributed by atoms with van der Waals surface area (Å²) in [6, 6.07) is 31.6. The molecule has 10 rings (SSSR count). The molecule has 0 fully saturated rings. The number of carboxylic acids is 1. The Labute approximate surface area is 516 Å². The molecule has 0 bridgehead atoms. The molecule has 0 aliphatic heterocycles. The minimum Gasteiger partial charge on any atom is -0.504 e. The van der Waals surface area contributed by atoms with Crippen LogP contribution in [0, 0.1) is 42.4 Å². The van der Waals surface area contributed by atoms with E-state index in [0.29, 0.717) is 11.8 Å². The van der Waals surface area contributed by atoms with E-state index in [9.17, 15) is 48.5 Å². The first kappa shape index (κ1) is 74.4. The Morgan fingerprint density at radius 1 is 0.609 bits per heavy atom. The van der Waals surface area contributed by atoms with Crippen molar-refractivity contribution in [3.05, 3.63) is 229 Å². The fourth-order valence-electron chi connectivity index (χ4n) is 6.86. The van der Waals surface area contributed by atoms with Gasteiger partial charge in [-0.25, -0.2) is 13.6 Å². The number of phenols is 2. The van der Waals surface area contributed by atoms with E-state index in [2.05, 4.69) is 48.3 Å². The molecule has 6 aromatic carbocycles. The van der Waals surface area contributed by atoms with Gasteiger partial charge in [-0.3, -0.25) is 48.5 Å². The van der Waals surface area contributed by atoms with Crippen molar-refractivity contribution in [2.75, 3.05) is 18.2 Å². The first-order chi connectivity index (χ1) is 39.4. The molecule has 0 radical (unpaired) electrons. The number of carbonyl (C=O) groups is 3. The van der Waals surface area contributed by atoms with E-state index in [-0.39, 0.29) is 71.2 Å². The van der Waals surface area contributed by atoms with Crippen LogP contribution in [0.5, 0.6) is 17.2 Å². The average molecular weight is 1310 g/mol. The number of amides is 1. The molecule has 87 heavy (non-hydrogen) atoms. The highest BCUT2D eigenvalue weighted by Gasteiger charge is 2.16. The molecule has 0 spiro atoms. The van der Waals surface area contributed by atoms with Crippen molar-refractivity contribution in [1.82, 2.24) is 39.1 Å². The van der Waals surface area contributed by atoms with Crippen molar-refractivity contribution >= 4 is 63.5 Å². The third kappa shape index (κ3) is 22.8. The van der Waals surface area contributed by atoms with Gasteiger partial charge in [-0.1, -0.05) is 71.7 Å². The van der Waals surface area contributed by atoms with Crippen LogP contribution in [0.15, 0.2) is 171 Å². The zero-order valence-corrected chi connectivity index (χ0v) is 47.2. The van der Waals surface area contributed by atoms with Gasteiger partial charge in [0.25, 0.3) is 17.3 Å². The number of methoxy groups -OCH3 is 1. The largest absolute Gasteiger partial charge is 0.504 e. The van der Waals surface area contributed by atoms with Crippen molar-refractivity contribution in [3.8, 4) is 50.6 Å². The fourth-order valence-corrected chi connectivity index (χ4v) is 7.39. The van der Waals surface area contributed by atoms with E-state index in [1.165, 1.54) is 41.0 Å². The highest BCUT2D eigenvalue weighted by molar-refractivity contribution is 14.1. The average Bonchev–Trinajstić information content (AvgIpc) is 4.43. The number of benzene rings is 6. The summed E-state index contributed by atoms with van der Waals surface area (Å²) < 4.78 is 39.4. The number of halogens is 3. The van der Waals surface area contributed by atoms with Crippen LogP contribution in [0.25, 0.3) is 33.4 Å². The van der Waals surface area contributed by atoms with Gasteiger partial charge in [-0.05, 0) is 107 Å². The molecule has 462 valence electrons. The lowest BCUT2D eigenvalue weighted by Crippen LogP contribution is -2.12. The quantitative estimate of drug-likeness (QED) is 0.0279. The monoisotopic (exact) mass is 1310 g/mol. The molecule has 23 nitrogen and oxygen atoms in total. The molecule has 6 N–H and O–H groups in total. The third-order valence-electron chi connectivity index (χ3n) is 11.1. The molecule has 1 amide bonds. The van der Waals surface area contributed by atoms with Crippen LogP contribution in [0.2, 0.25) is 0 Å². The number of nitro benzene ring substituents is 2. The number of rotatable bonds is 10. The third-order valence-corrected chi connectivity index (χ3v) is 11.7. The van der Waals surface area contributed by atoms with E-state index in [1.807, 2.05) is 109 Å². The number of nitrogens with two attached hydrogens (primary N) is 1. The number of aromatic nitrogens is 8. The number of aldehydes is 1. The van der Waals surface area contributed by atoms with Crippen molar-refractivity contribution in [2.45, 2.75) is 36.6 Å². The molecule has 26 heteroatoms. The Morgan fingerprint density at radius 3 is 1.36 bits per heavy atom. The number of hydrogen-bond donors (Lipinski definition) is 5. The number of aromatic hydroxyl groups is 2. The minimum atomic E-state index is -1.36. The maximum Gasteiger partial charge on any atom is 0.335 e. The van der Waals surface area contributed by atoms with Gasteiger partial charge in [0.2, 0.25) is 0 Å². The summed E-state index contributed by atoms with van der Waals surface area (Å²) in [5.74, 6) is -5.47. The van der Waals surface area contributed by atoms with Crippen LogP contribution < -0.4 is 15.8 Å². The molecule has 4 aromatic heterocycles. The van der Waals surface area contributed by atoms with E-state index < -0.39 is 44.9 Å². The number of phenolic OH excluding ortho intramolecular Hbond substituents is 2. The topological polar surface area (TPSA) is 317 Å². The van der Waals surface area contributed by atoms with Gasteiger partial charge < -0.3 is 31.1 Å². The standard InChI is InChI=1S/C18H16FN3O3.C10H9N3O2.C10H11N3.C8H5FO4.C7H7NO2.C4H5IN2.4CH4.H2/c1-22-10-13(9-20-22)11-3-5-14(6-4-11)21-18(24)12-7-15(19)17(23)16(8-12)25-2;1-12-7-9(6-11-12)8-2-4-10(5-3-8)13(14)15;1-13-7-9(6-12-13)8-2-4-10(11)5-3-8;9-6-2-4(8(12)13)1-5(3-10)7(6)11;1-6-2-4-7(5-3-6)8(9)10;1-7-3-4(5)2-6-7;;;;;/h3-10,23H,1-2H3,(H,21,24);2-7H,1H3;2-7H,11H2,1H3;1-3,11H,(H,12,13);2-5H,1H3;2-3H,1H3;4*1H4;1H. The lowest BCUT2D eigenvalue weighted by atomic mass is 10.1. The lowest BCUT2D eigenvalue weighted by molar-refractivity contribution is -0.385. The molecule has 0 saturated heterocycles. The van der Waals surface area contributed by atoms with Crippen LogP contribution in [0.3, 0.4) is 0 Å². The number of non-ortho nitro benzene ring substituents is 2. The smallest absolute Gasteiger partial charge is 0.335 e. The molecular weight excluding hydrogens is 1240 g/mol. The van der Waals surface area contributed by atoms with Gasteiger partial charge in [0.15, 0.2) is 35.2 Å². The number of carbonyl (C=O) groups excluding carboxylic acids is 2. The number of nitrogens with one attached hydrogen (secondary N) is 1. The number of hydrogen-bond acceptors (Lipinski definition) is 15. The summed E-state index contributed by atoms with van der Waals surface area (Å²) in [6.07, 6.45) is 15.0. The van der Waals surface area contributed by atoms with Crippen LogP contribution in [0.1, 0.15) is 67.8 Å². The number of nitrogens with zero attached hydrogens (tertiary/aromatic N) is 10. The summed E-state index contributed by atoms with van der Waals surface area (Å²) in [5, 5.41) is 66.3. The first-order valence-corrected chi connectivity index (χ1v) is 25.1. The molecular formula is C61H71F2IN12O11. The zero-order valence-electron chi connectivity index (χ0n) is 45.0. The highest BCUT2D eigenvalue weighted by Crippen LogP contribution is 2.31.